The standard InChI is InChI=1S/C16H20N4O3/c1-9(14-19-15(20-23-14)16(2,3)4)18-13(22)11-7-5-6-10(8-11)12(17)21/h5-9H,1-4H3,(H2,17,21)(H,18,22). The number of nitrogens with zero attached hydrogens (tertiary/aromatic N) is 2. The highest BCUT2D eigenvalue weighted by atomic mass is 16.5. The number of nitrogens with two attached hydrogens (primary N) is 1. The topological polar surface area (TPSA) is 111 Å². The predicted octanol–water partition coefficient (Wildman–Crippen LogP) is 1.96. The molecule has 7 heteroatoms. The van der Waals surface area contributed by atoms with Crippen molar-refractivity contribution >= 4 is 11.8 Å². The molecule has 122 valence electrons. The molecule has 23 heavy (non-hydrogen) atoms. The predicted molar refractivity (Wildman–Crippen MR) is 83.8 cm³/mol. The van der Waals surface area contributed by atoms with Crippen molar-refractivity contribution in [2.24, 2.45) is 5.73 Å². The lowest BCUT2D eigenvalue weighted by molar-refractivity contribution is 0.0932. The number of rotatable bonds is 4. The summed E-state index contributed by atoms with van der Waals surface area (Å²) in [7, 11) is 0. The summed E-state index contributed by atoms with van der Waals surface area (Å²) in [6.45, 7) is 7.66. The van der Waals surface area contributed by atoms with Gasteiger partial charge in [-0.15, -0.1) is 0 Å². The summed E-state index contributed by atoms with van der Waals surface area (Å²) in [4.78, 5) is 27.7. The Bertz CT molecular complexity index is 731. The molecule has 1 aromatic heterocycles. The maximum atomic E-state index is 12.3. The van der Waals surface area contributed by atoms with E-state index < -0.39 is 11.9 Å². The Morgan fingerprint density at radius 3 is 2.48 bits per heavy atom. The lowest BCUT2D eigenvalue weighted by Gasteiger charge is -2.12. The molecule has 1 unspecified atom stereocenters. The molecule has 0 bridgehead atoms. The van der Waals surface area contributed by atoms with Crippen molar-refractivity contribution in [2.75, 3.05) is 0 Å². The normalized spacial score (nSPS) is 12.7. The summed E-state index contributed by atoms with van der Waals surface area (Å²) < 4.78 is 5.20. The SMILES string of the molecule is CC(NC(=O)c1cccc(C(N)=O)c1)c1nc(C(C)(C)C)no1. The third-order valence-electron chi connectivity index (χ3n) is 3.24. The smallest absolute Gasteiger partial charge is 0.251 e. The molecule has 2 aromatic rings. The number of carbonyl (C=O) groups excluding carboxylic acids is 2. The van der Waals surface area contributed by atoms with E-state index in [9.17, 15) is 9.59 Å². The van der Waals surface area contributed by atoms with Crippen LogP contribution in [0.25, 0.3) is 0 Å². The zero-order valence-corrected chi connectivity index (χ0v) is 13.6. The molecule has 0 saturated heterocycles. The molecule has 3 N–H and O–H groups in total. The number of nitrogens with one attached hydrogen (secondary N) is 1. The van der Waals surface area contributed by atoms with Crippen LogP contribution >= 0.6 is 0 Å². The van der Waals surface area contributed by atoms with E-state index in [-0.39, 0.29) is 16.9 Å². The van der Waals surface area contributed by atoms with Gasteiger partial charge in [-0.05, 0) is 25.1 Å². The van der Waals surface area contributed by atoms with Crippen LogP contribution in [0.1, 0.15) is 66.2 Å². The van der Waals surface area contributed by atoms with Gasteiger partial charge in [0.15, 0.2) is 5.82 Å². The van der Waals surface area contributed by atoms with Gasteiger partial charge in [-0.1, -0.05) is 32.0 Å². The summed E-state index contributed by atoms with van der Waals surface area (Å²) in [6.07, 6.45) is 0. The van der Waals surface area contributed by atoms with Gasteiger partial charge >= 0.3 is 0 Å². The van der Waals surface area contributed by atoms with Gasteiger partial charge in [0.1, 0.15) is 6.04 Å². The fourth-order valence-electron chi connectivity index (χ4n) is 1.87. The first-order valence-corrected chi connectivity index (χ1v) is 7.23. The Morgan fingerprint density at radius 1 is 1.26 bits per heavy atom. The molecule has 2 amide bonds. The molecule has 0 fully saturated rings. The van der Waals surface area contributed by atoms with E-state index in [4.69, 9.17) is 10.3 Å². The van der Waals surface area contributed by atoms with Gasteiger partial charge in [0, 0.05) is 16.5 Å². The van der Waals surface area contributed by atoms with E-state index in [0.717, 1.165) is 0 Å². The summed E-state index contributed by atoms with van der Waals surface area (Å²) in [5, 5.41) is 6.68. The van der Waals surface area contributed by atoms with Gasteiger partial charge in [0.2, 0.25) is 11.8 Å². The highest BCUT2D eigenvalue weighted by Crippen LogP contribution is 2.21. The van der Waals surface area contributed by atoms with Crippen molar-refractivity contribution in [1.82, 2.24) is 15.5 Å². The minimum absolute atomic E-state index is 0.235. The van der Waals surface area contributed by atoms with E-state index in [2.05, 4.69) is 15.5 Å². The summed E-state index contributed by atoms with van der Waals surface area (Å²) in [6, 6.07) is 5.74. The fourth-order valence-corrected chi connectivity index (χ4v) is 1.87. The number of aromatic nitrogens is 2. The van der Waals surface area contributed by atoms with Crippen LogP contribution in [0.15, 0.2) is 28.8 Å². The summed E-state index contributed by atoms with van der Waals surface area (Å²) in [5.41, 5.74) is 5.59. The first kappa shape index (κ1) is 16.7. The average Bonchev–Trinajstić information content (AvgIpc) is 2.97. The van der Waals surface area contributed by atoms with Gasteiger partial charge in [0.05, 0.1) is 0 Å². The van der Waals surface area contributed by atoms with Crippen LogP contribution in [-0.2, 0) is 5.41 Å². The number of primary amides is 1. The summed E-state index contributed by atoms with van der Waals surface area (Å²) >= 11 is 0. The van der Waals surface area contributed by atoms with Crippen LogP contribution in [0.2, 0.25) is 0 Å². The van der Waals surface area contributed by atoms with Gasteiger partial charge < -0.3 is 15.6 Å². The van der Waals surface area contributed by atoms with E-state index in [1.165, 1.54) is 6.07 Å². The number of hydrogen-bond acceptors (Lipinski definition) is 5. The first-order valence-electron chi connectivity index (χ1n) is 7.23. The maximum Gasteiger partial charge on any atom is 0.251 e. The second kappa shape index (κ2) is 6.20. The molecule has 0 aliphatic heterocycles. The van der Waals surface area contributed by atoms with Crippen LogP contribution in [0.3, 0.4) is 0 Å². The van der Waals surface area contributed by atoms with E-state index in [0.29, 0.717) is 17.3 Å². The van der Waals surface area contributed by atoms with Gasteiger partial charge in [-0.25, -0.2) is 0 Å². The van der Waals surface area contributed by atoms with Crippen LogP contribution in [0.4, 0.5) is 0 Å². The monoisotopic (exact) mass is 316 g/mol. The lowest BCUT2D eigenvalue weighted by atomic mass is 9.96. The average molecular weight is 316 g/mol. The molecular weight excluding hydrogens is 296 g/mol. The van der Waals surface area contributed by atoms with E-state index in [1.54, 1.807) is 25.1 Å². The van der Waals surface area contributed by atoms with Crippen molar-refractivity contribution in [3.05, 3.63) is 47.1 Å². The second-order valence-electron chi connectivity index (χ2n) is 6.35. The molecule has 0 aliphatic carbocycles. The Kier molecular flexibility index (Phi) is 4.49. The molecule has 0 aliphatic rings. The molecule has 1 aromatic carbocycles. The molecule has 1 heterocycles. The number of benzene rings is 1. The maximum absolute atomic E-state index is 12.3. The molecule has 0 spiro atoms. The zero-order chi connectivity index (χ0) is 17.2. The highest BCUT2D eigenvalue weighted by molar-refractivity contribution is 5.99. The Balaban J connectivity index is 2.12. The van der Waals surface area contributed by atoms with Crippen molar-refractivity contribution in [3.8, 4) is 0 Å². The Labute approximate surface area is 134 Å². The largest absolute Gasteiger partial charge is 0.366 e. The molecule has 1 atom stereocenters. The Hall–Kier alpha value is -2.70. The van der Waals surface area contributed by atoms with Crippen LogP contribution in [-0.4, -0.2) is 22.0 Å². The Morgan fingerprint density at radius 2 is 1.91 bits per heavy atom. The van der Waals surface area contributed by atoms with Gasteiger partial charge in [0.25, 0.3) is 5.91 Å². The molecule has 0 radical (unpaired) electrons. The lowest BCUT2D eigenvalue weighted by Crippen LogP contribution is -2.27. The fraction of sp³-hybridized carbons (Fsp3) is 0.375. The zero-order valence-electron chi connectivity index (χ0n) is 13.6. The van der Waals surface area contributed by atoms with Crippen molar-refractivity contribution < 1.29 is 14.1 Å². The van der Waals surface area contributed by atoms with Gasteiger partial charge in [-0.3, -0.25) is 9.59 Å². The summed E-state index contributed by atoms with van der Waals surface area (Å²) in [5.74, 6) is -0.0332. The highest BCUT2D eigenvalue weighted by Gasteiger charge is 2.24. The van der Waals surface area contributed by atoms with Crippen molar-refractivity contribution in [3.63, 3.8) is 0 Å². The first-order chi connectivity index (χ1) is 10.7. The van der Waals surface area contributed by atoms with Crippen molar-refractivity contribution in [2.45, 2.75) is 39.2 Å². The van der Waals surface area contributed by atoms with E-state index >= 15 is 0 Å². The quantitative estimate of drug-likeness (QED) is 0.895. The third kappa shape index (κ3) is 3.94. The minimum Gasteiger partial charge on any atom is -0.366 e. The van der Waals surface area contributed by atoms with Crippen LogP contribution < -0.4 is 11.1 Å². The molecule has 7 nitrogen and oxygen atoms in total. The minimum atomic E-state index is -0.584. The number of hydrogen-bond donors (Lipinski definition) is 2. The second-order valence-corrected chi connectivity index (χ2v) is 6.35. The van der Waals surface area contributed by atoms with Gasteiger partial charge in [-0.2, -0.15) is 4.98 Å². The number of amides is 2. The van der Waals surface area contributed by atoms with Crippen molar-refractivity contribution in [1.29, 1.82) is 0 Å². The van der Waals surface area contributed by atoms with Crippen LogP contribution in [0.5, 0.6) is 0 Å². The van der Waals surface area contributed by atoms with E-state index in [1.807, 2.05) is 20.8 Å². The third-order valence-corrected chi connectivity index (χ3v) is 3.24. The molecular formula is C16H20N4O3. The van der Waals surface area contributed by atoms with Crippen LogP contribution in [0, 0.1) is 0 Å². The molecule has 0 saturated carbocycles. The molecule has 2 rings (SSSR count). The number of carbonyl (C=O) groups is 2.